The number of hydrogen-bond acceptors (Lipinski definition) is 5. The fourth-order valence-corrected chi connectivity index (χ4v) is 3.29. The summed E-state index contributed by atoms with van der Waals surface area (Å²) in [5.74, 6) is 1.46. The normalized spacial score (nSPS) is 21.2. The minimum atomic E-state index is -0.171. The van der Waals surface area contributed by atoms with Crippen LogP contribution in [0.2, 0.25) is 0 Å². The average molecular weight is 304 g/mol. The van der Waals surface area contributed by atoms with Crippen LogP contribution in [0.5, 0.6) is 0 Å². The van der Waals surface area contributed by atoms with Crippen LogP contribution >= 0.6 is 0 Å². The second-order valence-corrected chi connectivity index (χ2v) is 6.30. The van der Waals surface area contributed by atoms with Gasteiger partial charge < -0.3 is 14.9 Å². The molecule has 1 aromatic heterocycles. The number of rotatable bonds is 2. The molecule has 1 N–H and O–H groups in total. The van der Waals surface area contributed by atoms with Crippen molar-refractivity contribution in [3.8, 4) is 0 Å². The highest BCUT2D eigenvalue weighted by molar-refractivity contribution is 5.73. The number of likely N-dealkylation sites (tertiary alicyclic amines) is 1. The molecule has 6 heteroatoms. The van der Waals surface area contributed by atoms with Gasteiger partial charge in [0.15, 0.2) is 0 Å². The molecule has 2 saturated heterocycles. The van der Waals surface area contributed by atoms with Crippen molar-refractivity contribution in [3.63, 3.8) is 0 Å². The summed E-state index contributed by atoms with van der Waals surface area (Å²) in [6, 6.07) is 0. The van der Waals surface area contributed by atoms with Gasteiger partial charge in [0.2, 0.25) is 5.91 Å². The largest absolute Gasteiger partial charge is 0.393 e. The highest BCUT2D eigenvalue weighted by Crippen LogP contribution is 2.27. The molecule has 2 aliphatic heterocycles. The van der Waals surface area contributed by atoms with Crippen molar-refractivity contribution in [3.05, 3.63) is 18.1 Å². The molecule has 3 heterocycles. The molecule has 120 valence electrons. The first-order valence-electron chi connectivity index (χ1n) is 8.14. The molecule has 2 aliphatic rings. The van der Waals surface area contributed by atoms with E-state index in [0.29, 0.717) is 5.92 Å². The Bertz CT molecular complexity index is 503. The van der Waals surface area contributed by atoms with Crippen LogP contribution in [0.4, 0.5) is 5.82 Å². The number of carbonyl (C=O) groups is 1. The Kier molecular flexibility index (Phi) is 4.57. The van der Waals surface area contributed by atoms with E-state index in [0.717, 1.165) is 63.4 Å². The average Bonchev–Trinajstić information content (AvgIpc) is 2.56. The van der Waals surface area contributed by atoms with Crippen LogP contribution in [-0.2, 0) is 4.79 Å². The van der Waals surface area contributed by atoms with Gasteiger partial charge in [-0.1, -0.05) is 0 Å². The molecule has 1 amide bonds. The Morgan fingerprint density at radius 2 is 1.77 bits per heavy atom. The van der Waals surface area contributed by atoms with E-state index in [4.69, 9.17) is 0 Å². The van der Waals surface area contributed by atoms with Crippen molar-refractivity contribution in [1.82, 2.24) is 14.9 Å². The second-order valence-electron chi connectivity index (χ2n) is 6.30. The number of hydrogen-bond donors (Lipinski definition) is 1. The maximum atomic E-state index is 11.4. The van der Waals surface area contributed by atoms with Crippen LogP contribution in [0, 0.1) is 0 Å². The number of aliphatic hydroxyl groups excluding tert-OH is 1. The van der Waals surface area contributed by atoms with Crippen molar-refractivity contribution < 1.29 is 9.90 Å². The lowest BCUT2D eigenvalue weighted by atomic mass is 9.94. The standard InChI is InChI=1S/C16H24N4O2/c1-12(21)19-6-2-13(3-7-19)15-10-18-16(11-17-15)20-8-4-14(22)5-9-20/h10-11,13-14,22H,2-9H2,1H3. The quantitative estimate of drug-likeness (QED) is 0.888. The van der Waals surface area contributed by atoms with Crippen LogP contribution in [0.1, 0.15) is 44.2 Å². The first-order chi connectivity index (χ1) is 10.6. The van der Waals surface area contributed by atoms with Gasteiger partial charge in [0.25, 0.3) is 0 Å². The summed E-state index contributed by atoms with van der Waals surface area (Å²) in [4.78, 5) is 24.6. The Hall–Kier alpha value is -1.69. The Morgan fingerprint density at radius 3 is 2.32 bits per heavy atom. The lowest BCUT2D eigenvalue weighted by Crippen LogP contribution is -2.37. The molecule has 2 fully saturated rings. The fourth-order valence-electron chi connectivity index (χ4n) is 3.29. The van der Waals surface area contributed by atoms with E-state index >= 15 is 0 Å². The number of piperidine rings is 2. The summed E-state index contributed by atoms with van der Waals surface area (Å²) in [5.41, 5.74) is 1.03. The zero-order chi connectivity index (χ0) is 15.5. The van der Waals surface area contributed by atoms with Gasteiger partial charge in [-0.15, -0.1) is 0 Å². The molecule has 1 aromatic rings. The molecule has 6 nitrogen and oxygen atoms in total. The topological polar surface area (TPSA) is 69.6 Å². The summed E-state index contributed by atoms with van der Waals surface area (Å²) in [6.07, 6.45) is 7.08. The van der Waals surface area contributed by atoms with Crippen LogP contribution in [0.25, 0.3) is 0 Å². The van der Waals surface area contributed by atoms with E-state index in [1.54, 1.807) is 6.92 Å². The molecule has 0 aromatic carbocycles. The third-order valence-electron chi connectivity index (χ3n) is 4.81. The highest BCUT2D eigenvalue weighted by Gasteiger charge is 2.24. The first-order valence-corrected chi connectivity index (χ1v) is 8.14. The van der Waals surface area contributed by atoms with Crippen molar-refractivity contribution in [2.75, 3.05) is 31.1 Å². The summed E-state index contributed by atoms with van der Waals surface area (Å²) < 4.78 is 0. The predicted molar refractivity (Wildman–Crippen MR) is 83.7 cm³/mol. The van der Waals surface area contributed by atoms with Gasteiger partial charge in [-0.25, -0.2) is 4.98 Å². The molecule has 22 heavy (non-hydrogen) atoms. The zero-order valence-electron chi connectivity index (χ0n) is 13.1. The molecular weight excluding hydrogens is 280 g/mol. The van der Waals surface area contributed by atoms with Crippen molar-refractivity contribution in [2.45, 2.75) is 44.6 Å². The van der Waals surface area contributed by atoms with Gasteiger partial charge in [-0.3, -0.25) is 9.78 Å². The van der Waals surface area contributed by atoms with Crippen LogP contribution in [-0.4, -0.2) is 58.2 Å². The van der Waals surface area contributed by atoms with E-state index in [9.17, 15) is 9.90 Å². The minimum Gasteiger partial charge on any atom is -0.393 e. The molecule has 0 unspecified atom stereocenters. The summed E-state index contributed by atoms with van der Waals surface area (Å²) in [7, 11) is 0. The summed E-state index contributed by atoms with van der Waals surface area (Å²) in [6.45, 7) is 4.93. The predicted octanol–water partition coefficient (Wildman–Crippen LogP) is 1.16. The van der Waals surface area contributed by atoms with E-state index in [1.165, 1.54) is 0 Å². The molecular formula is C16H24N4O2. The monoisotopic (exact) mass is 304 g/mol. The second kappa shape index (κ2) is 6.60. The molecule has 0 aliphatic carbocycles. The molecule has 0 radical (unpaired) electrons. The number of aliphatic hydroxyl groups is 1. The Morgan fingerprint density at radius 1 is 1.09 bits per heavy atom. The molecule has 0 saturated carbocycles. The minimum absolute atomic E-state index is 0.159. The number of aromatic nitrogens is 2. The first kappa shape index (κ1) is 15.2. The summed E-state index contributed by atoms with van der Waals surface area (Å²) in [5, 5.41) is 9.56. The summed E-state index contributed by atoms with van der Waals surface area (Å²) >= 11 is 0. The number of anilines is 1. The number of carbonyl (C=O) groups excluding carboxylic acids is 1. The van der Waals surface area contributed by atoms with Crippen LogP contribution < -0.4 is 4.90 Å². The van der Waals surface area contributed by atoms with E-state index in [1.807, 2.05) is 17.3 Å². The number of nitrogens with zero attached hydrogens (tertiary/aromatic N) is 4. The smallest absolute Gasteiger partial charge is 0.219 e. The van der Waals surface area contributed by atoms with Crippen molar-refractivity contribution in [2.24, 2.45) is 0 Å². The fraction of sp³-hybridized carbons (Fsp3) is 0.688. The lowest BCUT2D eigenvalue weighted by Gasteiger charge is -2.32. The SMILES string of the molecule is CC(=O)N1CCC(c2cnc(N3CCC(O)CC3)cn2)CC1. The third-order valence-corrected chi connectivity index (χ3v) is 4.81. The Labute approximate surface area is 131 Å². The van der Waals surface area contributed by atoms with Gasteiger partial charge in [0.1, 0.15) is 5.82 Å². The van der Waals surface area contributed by atoms with Gasteiger partial charge >= 0.3 is 0 Å². The van der Waals surface area contributed by atoms with Gasteiger partial charge in [-0.05, 0) is 25.7 Å². The van der Waals surface area contributed by atoms with E-state index in [-0.39, 0.29) is 12.0 Å². The number of amides is 1. The zero-order valence-corrected chi connectivity index (χ0v) is 13.1. The molecule has 0 atom stereocenters. The van der Waals surface area contributed by atoms with Crippen molar-refractivity contribution in [1.29, 1.82) is 0 Å². The van der Waals surface area contributed by atoms with Gasteiger partial charge in [0, 0.05) is 39.0 Å². The van der Waals surface area contributed by atoms with Gasteiger partial charge in [0.05, 0.1) is 24.2 Å². The van der Waals surface area contributed by atoms with E-state index in [2.05, 4.69) is 14.9 Å². The molecule has 3 rings (SSSR count). The third kappa shape index (κ3) is 3.38. The maximum absolute atomic E-state index is 11.4. The van der Waals surface area contributed by atoms with Crippen LogP contribution in [0.15, 0.2) is 12.4 Å². The lowest BCUT2D eigenvalue weighted by molar-refractivity contribution is -0.129. The van der Waals surface area contributed by atoms with Crippen molar-refractivity contribution >= 4 is 11.7 Å². The maximum Gasteiger partial charge on any atom is 0.219 e. The van der Waals surface area contributed by atoms with E-state index < -0.39 is 0 Å². The Balaban J connectivity index is 1.59. The van der Waals surface area contributed by atoms with Gasteiger partial charge in [-0.2, -0.15) is 0 Å². The van der Waals surface area contributed by atoms with Crippen LogP contribution in [0.3, 0.4) is 0 Å². The highest BCUT2D eigenvalue weighted by atomic mass is 16.3. The molecule has 0 bridgehead atoms. The molecule has 0 spiro atoms.